The molecule has 0 radical (unpaired) electrons. The van der Waals surface area contributed by atoms with Gasteiger partial charge in [-0.1, -0.05) is 12.1 Å². The number of halogens is 1. The van der Waals surface area contributed by atoms with Gasteiger partial charge in [0.25, 0.3) is 5.91 Å². The zero-order chi connectivity index (χ0) is 12.5. The van der Waals surface area contributed by atoms with E-state index in [-0.39, 0.29) is 5.91 Å². The van der Waals surface area contributed by atoms with Crippen molar-refractivity contribution < 1.29 is 4.79 Å². The minimum absolute atomic E-state index is 0.141. The lowest BCUT2D eigenvalue weighted by Gasteiger charge is -2.11. The third-order valence-corrected chi connectivity index (χ3v) is 4.62. The van der Waals surface area contributed by atoms with Crippen LogP contribution in [0, 0.1) is 11.8 Å². The van der Waals surface area contributed by atoms with Gasteiger partial charge in [-0.05, 0) is 65.6 Å². The largest absolute Gasteiger partial charge is 0.272 e. The minimum Gasteiger partial charge on any atom is -0.267 e. The SMILES string of the molecule is O=C(N/N=C1/CC2CCC1C2)c1ccccc1Br. The summed E-state index contributed by atoms with van der Waals surface area (Å²) < 4.78 is 0.802. The first-order chi connectivity index (χ1) is 8.74. The Kier molecular flexibility index (Phi) is 3.20. The highest BCUT2D eigenvalue weighted by atomic mass is 79.9. The van der Waals surface area contributed by atoms with Crippen molar-refractivity contribution in [3.8, 4) is 0 Å². The predicted octanol–water partition coefficient (Wildman–Crippen LogP) is 3.35. The highest BCUT2D eigenvalue weighted by molar-refractivity contribution is 9.10. The maximum absolute atomic E-state index is 12.0. The van der Waals surface area contributed by atoms with Crippen molar-refractivity contribution in [2.45, 2.75) is 25.7 Å². The zero-order valence-corrected chi connectivity index (χ0v) is 11.6. The third kappa shape index (κ3) is 2.21. The standard InChI is InChI=1S/C14H15BrN2O/c15-12-4-2-1-3-11(12)14(18)17-16-13-8-9-5-6-10(13)7-9/h1-4,9-10H,5-8H2,(H,17,18)/b16-13-. The van der Waals surface area contributed by atoms with Crippen LogP contribution in [0.1, 0.15) is 36.0 Å². The fraction of sp³-hybridized carbons (Fsp3) is 0.429. The molecule has 0 aliphatic heterocycles. The number of hydrogen-bond donors (Lipinski definition) is 1. The molecule has 4 heteroatoms. The summed E-state index contributed by atoms with van der Waals surface area (Å²) in [5, 5.41) is 4.32. The Morgan fingerprint density at radius 1 is 1.33 bits per heavy atom. The maximum Gasteiger partial charge on any atom is 0.272 e. The van der Waals surface area contributed by atoms with E-state index in [0.717, 1.165) is 16.8 Å². The molecule has 2 atom stereocenters. The minimum atomic E-state index is -0.141. The molecule has 0 spiro atoms. The molecule has 3 rings (SSSR count). The molecule has 0 heterocycles. The Labute approximate surface area is 115 Å². The topological polar surface area (TPSA) is 41.5 Å². The Morgan fingerprint density at radius 3 is 2.83 bits per heavy atom. The smallest absolute Gasteiger partial charge is 0.267 e. The van der Waals surface area contributed by atoms with Gasteiger partial charge in [-0.15, -0.1) is 0 Å². The molecule has 3 nitrogen and oxygen atoms in total. The molecule has 1 amide bonds. The molecule has 2 aliphatic carbocycles. The van der Waals surface area contributed by atoms with Gasteiger partial charge in [0.15, 0.2) is 0 Å². The van der Waals surface area contributed by atoms with Crippen LogP contribution in [0.25, 0.3) is 0 Å². The van der Waals surface area contributed by atoms with Crippen LogP contribution < -0.4 is 5.43 Å². The van der Waals surface area contributed by atoms with Crippen molar-refractivity contribution in [3.63, 3.8) is 0 Å². The van der Waals surface area contributed by atoms with Crippen molar-refractivity contribution in [2.75, 3.05) is 0 Å². The second kappa shape index (κ2) is 4.84. The number of nitrogens with one attached hydrogen (secondary N) is 1. The van der Waals surface area contributed by atoms with Crippen molar-refractivity contribution in [2.24, 2.45) is 16.9 Å². The molecule has 18 heavy (non-hydrogen) atoms. The summed E-state index contributed by atoms with van der Waals surface area (Å²) in [5.41, 5.74) is 4.50. The van der Waals surface area contributed by atoms with Gasteiger partial charge in [0.05, 0.1) is 5.56 Å². The molecule has 0 aromatic heterocycles. The third-order valence-electron chi connectivity index (χ3n) is 3.93. The Morgan fingerprint density at radius 2 is 2.17 bits per heavy atom. The van der Waals surface area contributed by atoms with Crippen LogP contribution in [-0.2, 0) is 0 Å². The molecule has 1 aromatic rings. The Bertz CT molecular complexity index is 512. The van der Waals surface area contributed by atoms with Crippen LogP contribution in [0.5, 0.6) is 0 Å². The average molecular weight is 307 g/mol. The van der Waals surface area contributed by atoms with Gasteiger partial charge in [-0.2, -0.15) is 5.10 Å². The van der Waals surface area contributed by atoms with Gasteiger partial charge in [-0.25, -0.2) is 5.43 Å². The predicted molar refractivity (Wildman–Crippen MR) is 74.5 cm³/mol. The molecular formula is C14H15BrN2O. The van der Waals surface area contributed by atoms with E-state index in [1.54, 1.807) is 6.07 Å². The van der Waals surface area contributed by atoms with Crippen LogP contribution >= 0.6 is 15.9 Å². The normalized spacial score (nSPS) is 27.7. The summed E-state index contributed by atoms with van der Waals surface area (Å²) >= 11 is 3.37. The number of benzene rings is 1. The molecule has 2 saturated carbocycles. The zero-order valence-electron chi connectivity index (χ0n) is 10.0. The quantitative estimate of drug-likeness (QED) is 0.836. The molecule has 2 fully saturated rings. The fourth-order valence-electron chi connectivity index (χ4n) is 2.99. The summed E-state index contributed by atoms with van der Waals surface area (Å²) in [7, 11) is 0. The first kappa shape index (κ1) is 11.9. The number of hydrogen-bond acceptors (Lipinski definition) is 2. The number of nitrogens with zero attached hydrogens (tertiary/aromatic N) is 1. The Hall–Kier alpha value is -1.16. The van der Waals surface area contributed by atoms with Gasteiger partial charge in [0.1, 0.15) is 0 Å². The molecular weight excluding hydrogens is 292 g/mol. The van der Waals surface area contributed by atoms with E-state index in [0.29, 0.717) is 11.5 Å². The van der Waals surface area contributed by atoms with Gasteiger partial charge in [-0.3, -0.25) is 4.79 Å². The molecule has 94 valence electrons. The lowest BCUT2D eigenvalue weighted by molar-refractivity contribution is 0.0953. The summed E-state index contributed by atoms with van der Waals surface area (Å²) in [4.78, 5) is 12.0. The van der Waals surface area contributed by atoms with Gasteiger partial charge in [0, 0.05) is 10.2 Å². The number of fused-ring (bicyclic) bond motifs is 2. The first-order valence-electron chi connectivity index (χ1n) is 6.35. The van der Waals surface area contributed by atoms with Crippen molar-refractivity contribution >= 4 is 27.5 Å². The lowest BCUT2D eigenvalue weighted by atomic mass is 9.99. The van der Waals surface area contributed by atoms with E-state index in [1.807, 2.05) is 18.2 Å². The molecule has 2 aliphatic rings. The molecule has 1 N–H and O–H groups in total. The van der Waals surface area contributed by atoms with E-state index in [9.17, 15) is 4.79 Å². The monoisotopic (exact) mass is 306 g/mol. The van der Waals surface area contributed by atoms with Crippen molar-refractivity contribution in [1.82, 2.24) is 5.43 Å². The Balaban J connectivity index is 1.69. The molecule has 2 bridgehead atoms. The summed E-state index contributed by atoms with van der Waals surface area (Å²) in [6, 6.07) is 7.40. The maximum atomic E-state index is 12.0. The second-order valence-corrected chi connectivity index (χ2v) is 5.96. The van der Waals surface area contributed by atoms with Crippen LogP contribution in [0.4, 0.5) is 0 Å². The van der Waals surface area contributed by atoms with Gasteiger partial charge >= 0.3 is 0 Å². The number of carbonyl (C=O) groups excluding carboxylic acids is 1. The second-order valence-electron chi connectivity index (χ2n) is 5.10. The first-order valence-corrected chi connectivity index (χ1v) is 7.14. The number of hydrazone groups is 1. The van der Waals surface area contributed by atoms with Crippen molar-refractivity contribution in [1.29, 1.82) is 0 Å². The van der Waals surface area contributed by atoms with Crippen LogP contribution in [0.2, 0.25) is 0 Å². The fourth-order valence-corrected chi connectivity index (χ4v) is 3.46. The van der Waals surface area contributed by atoms with Crippen LogP contribution in [-0.4, -0.2) is 11.6 Å². The van der Waals surface area contributed by atoms with Gasteiger partial charge in [0.2, 0.25) is 0 Å². The van der Waals surface area contributed by atoms with Gasteiger partial charge < -0.3 is 0 Å². The van der Waals surface area contributed by atoms with E-state index in [4.69, 9.17) is 0 Å². The van der Waals surface area contributed by atoms with E-state index >= 15 is 0 Å². The van der Waals surface area contributed by atoms with Crippen molar-refractivity contribution in [3.05, 3.63) is 34.3 Å². The van der Waals surface area contributed by atoms with E-state index in [1.165, 1.54) is 25.0 Å². The average Bonchev–Trinajstić information content (AvgIpc) is 2.98. The number of rotatable bonds is 2. The molecule has 0 saturated heterocycles. The lowest BCUT2D eigenvalue weighted by Crippen LogP contribution is -2.22. The highest BCUT2D eigenvalue weighted by Crippen LogP contribution is 2.42. The van der Waals surface area contributed by atoms with E-state index in [2.05, 4.69) is 26.5 Å². The van der Waals surface area contributed by atoms with Crippen LogP contribution in [0.3, 0.4) is 0 Å². The number of amides is 1. The summed E-state index contributed by atoms with van der Waals surface area (Å²) in [5.74, 6) is 1.29. The molecule has 1 aromatic carbocycles. The highest BCUT2D eigenvalue weighted by Gasteiger charge is 2.36. The summed E-state index contributed by atoms with van der Waals surface area (Å²) in [6.45, 7) is 0. The van der Waals surface area contributed by atoms with E-state index < -0.39 is 0 Å². The summed E-state index contributed by atoms with van der Waals surface area (Å²) in [6.07, 6.45) is 4.92. The molecule has 2 unspecified atom stereocenters. The van der Waals surface area contributed by atoms with Crippen LogP contribution in [0.15, 0.2) is 33.8 Å². The number of carbonyl (C=O) groups is 1.